The highest BCUT2D eigenvalue weighted by Crippen LogP contribution is 2.50. The van der Waals surface area contributed by atoms with Crippen molar-refractivity contribution in [1.29, 1.82) is 0 Å². The van der Waals surface area contributed by atoms with Gasteiger partial charge in [0, 0.05) is 5.56 Å². The molecule has 2 heteroatoms. The minimum absolute atomic E-state index is 0.0836. The molecule has 3 rings (SSSR count). The van der Waals surface area contributed by atoms with Crippen LogP contribution in [0.4, 0.5) is 0 Å². The van der Waals surface area contributed by atoms with E-state index in [1.54, 1.807) is 19.1 Å². The van der Waals surface area contributed by atoms with E-state index in [9.17, 15) is 9.90 Å². The standard InChI is InChI=1S/C25H30O2/c1-17(26)18-6-8-19(9-7-18)23(20-10-12-22(27)13-11-20)21-14-24(2,3)16-25(4,5)15-21/h6-13,27H,14-16H2,1-5H3. The number of carbonyl (C=O) groups is 1. The smallest absolute Gasteiger partial charge is 0.159 e. The quantitative estimate of drug-likeness (QED) is 0.622. The van der Waals surface area contributed by atoms with E-state index in [-0.39, 0.29) is 22.4 Å². The summed E-state index contributed by atoms with van der Waals surface area (Å²) in [5.41, 5.74) is 6.18. The van der Waals surface area contributed by atoms with E-state index in [1.165, 1.54) is 17.6 Å². The fraction of sp³-hybridized carbons (Fsp3) is 0.400. The maximum absolute atomic E-state index is 11.7. The van der Waals surface area contributed by atoms with Crippen LogP contribution in [0.1, 0.15) is 75.4 Å². The summed E-state index contributed by atoms with van der Waals surface area (Å²) >= 11 is 0. The van der Waals surface area contributed by atoms with Gasteiger partial charge >= 0.3 is 0 Å². The Morgan fingerprint density at radius 3 is 1.63 bits per heavy atom. The number of aromatic hydroxyl groups is 1. The summed E-state index contributed by atoms with van der Waals surface area (Å²) in [4.78, 5) is 11.7. The van der Waals surface area contributed by atoms with Gasteiger partial charge in [-0.15, -0.1) is 0 Å². The van der Waals surface area contributed by atoms with Crippen LogP contribution in [0.3, 0.4) is 0 Å². The number of phenolic OH excluding ortho intramolecular Hbond substituents is 1. The first-order valence-corrected chi connectivity index (χ1v) is 9.69. The van der Waals surface area contributed by atoms with Gasteiger partial charge in [-0.2, -0.15) is 0 Å². The van der Waals surface area contributed by atoms with Crippen LogP contribution in [-0.4, -0.2) is 10.9 Å². The number of hydrogen-bond donors (Lipinski definition) is 1. The normalized spacial score (nSPS) is 18.2. The first kappa shape index (κ1) is 19.4. The number of ketones is 1. The lowest BCUT2D eigenvalue weighted by Crippen LogP contribution is -2.30. The summed E-state index contributed by atoms with van der Waals surface area (Å²) in [6, 6.07) is 15.4. The lowest BCUT2D eigenvalue weighted by molar-refractivity contribution is 0.101. The molecule has 1 saturated carbocycles. The summed E-state index contributed by atoms with van der Waals surface area (Å²) in [6.07, 6.45) is 3.32. The molecular formula is C25H30O2. The molecule has 2 aromatic rings. The van der Waals surface area contributed by atoms with Crippen molar-refractivity contribution in [2.24, 2.45) is 10.8 Å². The minimum Gasteiger partial charge on any atom is -0.508 e. The third kappa shape index (κ3) is 4.50. The van der Waals surface area contributed by atoms with Crippen LogP contribution in [0.2, 0.25) is 0 Å². The van der Waals surface area contributed by atoms with Gasteiger partial charge in [0.2, 0.25) is 0 Å². The van der Waals surface area contributed by atoms with E-state index in [0.29, 0.717) is 0 Å². The Balaban J connectivity index is 2.18. The monoisotopic (exact) mass is 362 g/mol. The molecule has 0 amide bonds. The topological polar surface area (TPSA) is 37.3 Å². The molecule has 2 nitrogen and oxygen atoms in total. The van der Waals surface area contributed by atoms with Crippen molar-refractivity contribution in [3.05, 3.63) is 70.8 Å². The van der Waals surface area contributed by atoms with E-state index in [4.69, 9.17) is 0 Å². The molecule has 1 N–H and O–H groups in total. The predicted octanol–water partition coefficient (Wildman–Crippen LogP) is 6.63. The Bertz CT molecular complexity index is 848. The van der Waals surface area contributed by atoms with E-state index in [2.05, 4.69) is 39.8 Å². The van der Waals surface area contributed by atoms with Crippen molar-refractivity contribution in [1.82, 2.24) is 0 Å². The van der Waals surface area contributed by atoms with Crippen molar-refractivity contribution in [3.8, 4) is 5.75 Å². The average molecular weight is 363 g/mol. The third-order valence-corrected chi connectivity index (χ3v) is 5.43. The van der Waals surface area contributed by atoms with Crippen LogP contribution in [0.25, 0.3) is 5.57 Å². The molecule has 142 valence electrons. The highest BCUT2D eigenvalue weighted by atomic mass is 16.3. The van der Waals surface area contributed by atoms with Crippen molar-refractivity contribution >= 4 is 11.4 Å². The van der Waals surface area contributed by atoms with Crippen molar-refractivity contribution in [2.45, 2.75) is 53.9 Å². The molecule has 1 fully saturated rings. The largest absolute Gasteiger partial charge is 0.508 e. The zero-order chi connectivity index (χ0) is 19.8. The molecule has 0 radical (unpaired) electrons. The van der Waals surface area contributed by atoms with Crippen molar-refractivity contribution in [3.63, 3.8) is 0 Å². The SMILES string of the molecule is CC(=O)c1ccc(C(=C2CC(C)(C)CC(C)(C)C2)c2ccc(O)cc2)cc1. The van der Waals surface area contributed by atoms with E-state index in [0.717, 1.165) is 29.5 Å². The molecule has 0 atom stereocenters. The molecule has 0 bridgehead atoms. The Kier molecular flexibility index (Phi) is 5.03. The number of phenols is 1. The summed E-state index contributed by atoms with van der Waals surface area (Å²) in [6.45, 7) is 11.0. The van der Waals surface area contributed by atoms with Crippen LogP contribution >= 0.6 is 0 Å². The van der Waals surface area contributed by atoms with Crippen molar-refractivity contribution < 1.29 is 9.90 Å². The molecule has 0 aliphatic heterocycles. The third-order valence-electron chi connectivity index (χ3n) is 5.43. The van der Waals surface area contributed by atoms with Gasteiger partial charge in [0.05, 0.1) is 0 Å². The van der Waals surface area contributed by atoms with Gasteiger partial charge in [0.15, 0.2) is 5.78 Å². The van der Waals surface area contributed by atoms with Gasteiger partial charge < -0.3 is 5.11 Å². The first-order chi connectivity index (χ1) is 12.6. The van der Waals surface area contributed by atoms with E-state index < -0.39 is 0 Å². The van der Waals surface area contributed by atoms with E-state index >= 15 is 0 Å². The number of benzene rings is 2. The summed E-state index contributed by atoms with van der Waals surface area (Å²) in [5, 5.41) is 9.73. The van der Waals surface area contributed by atoms with Gasteiger partial charge in [-0.05, 0) is 65.8 Å². The molecular weight excluding hydrogens is 332 g/mol. The molecule has 0 heterocycles. The number of hydrogen-bond acceptors (Lipinski definition) is 2. The Morgan fingerprint density at radius 2 is 1.19 bits per heavy atom. The number of rotatable bonds is 3. The van der Waals surface area contributed by atoms with Gasteiger partial charge in [-0.25, -0.2) is 0 Å². The second kappa shape index (κ2) is 6.99. The van der Waals surface area contributed by atoms with Gasteiger partial charge in [0.1, 0.15) is 5.75 Å². The summed E-state index contributed by atoms with van der Waals surface area (Å²) < 4.78 is 0. The fourth-order valence-electron chi connectivity index (χ4n) is 4.89. The zero-order valence-corrected chi connectivity index (χ0v) is 17.1. The molecule has 1 aliphatic rings. The molecule has 0 aromatic heterocycles. The Hall–Kier alpha value is -2.35. The lowest BCUT2D eigenvalue weighted by atomic mass is 9.62. The Labute approximate surface area is 162 Å². The van der Waals surface area contributed by atoms with Gasteiger partial charge in [-0.1, -0.05) is 69.7 Å². The molecule has 2 aromatic carbocycles. The fourth-order valence-corrected chi connectivity index (χ4v) is 4.89. The molecule has 1 aliphatic carbocycles. The molecule has 0 saturated heterocycles. The minimum atomic E-state index is 0.0836. The van der Waals surface area contributed by atoms with Crippen LogP contribution in [-0.2, 0) is 0 Å². The predicted molar refractivity (Wildman–Crippen MR) is 112 cm³/mol. The second-order valence-corrected chi connectivity index (χ2v) is 9.52. The molecule has 0 spiro atoms. The lowest BCUT2D eigenvalue weighted by Gasteiger charge is -2.43. The van der Waals surface area contributed by atoms with Gasteiger partial charge in [-0.3, -0.25) is 4.79 Å². The van der Waals surface area contributed by atoms with Crippen molar-refractivity contribution in [2.75, 3.05) is 0 Å². The van der Waals surface area contributed by atoms with Gasteiger partial charge in [0.25, 0.3) is 0 Å². The molecule has 27 heavy (non-hydrogen) atoms. The zero-order valence-electron chi connectivity index (χ0n) is 17.1. The number of Topliss-reactive ketones (excluding diaryl/α,β-unsaturated/α-hetero) is 1. The highest BCUT2D eigenvalue weighted by molar-refractivity contribution is 5.94. The van der Waals surface area contributed by atoms with Crippen LogP contribution < -0.4 is 0 Å². The summed E-state index contributed by atoms with van der Waals surface area (Å²) in [7, 11) is 0. The Morgan fingerprint density at radius 1 is 0.778 bits per heavy atom. The number of allylic oxidation sites excluding steroid dienone is 1. The maximum atomic E-state index is 11.7. The van der Waals surface area contributed by atoms with Crippen LogP contribution in [0.15, 0.2) is 54.1 Å². The first-order valence-electron chi connectivity index (χ1n) is 9.69. The summed E-state index contributed by atoms with van der Waals surface area (Å²) in [5.74, 6) is 0.361. The van der Waals surface area contributed by atoms with Crippen LogP contribution in [0.5, 0.6) is 5.75 Å². The number of carbonyl (C=O) groups excluding carboxylic acids is 1. The molecule has 0 unspecified atom stereocenters. The highest BCUT2D eigenvalue weighted by Gasteiger charge is 2.37. The maximum Gasteiger partial charge on any atom is 0.159 e. The van der Waals surface area contributed by atoms with Crippen LogP contribution in [0, 0.1) is 10.8 Å². The van der Waals surface area contributed by atoms with E-state index in [1.807, 2.05) is 24.3 Å². The average Bonchev–Trinajstić information content (AvgIpc) is 2.54. The second-order valence-electron chi connectivity index (χ2n) is 9.52.